The minimum absolute atomic E-state index is 0.260. The smallest absolute Gasteiger partial charge is 0.337 e. The molecular formula is C18H21ClN2O5. The summed E-state index contributed by atoms with van der Waals surface area (Å²) in [6.07, 6.45) is 1.59. The van der Waals surface area contributed by atoms with Crippen molar-refractivity contribution in [2.45, 2.75) is 19.9 Å². The fourth-order valence-electron chi connectivity index (χ4n) is 2.62. The molecule has 0 radical (unpaired) electrons. The first-order chi connectivity index (χ1) is 12.4. The fraction of sp³-hybridized carbons (Fsp3) is 0.333. The number of allylic oxidation sites excluding steroid dienone is 1. The van der Waals surface area contributed by atoms with Crippen LogP contribution in [-0.4, -0.2) is 32.3 Å². The zero-order chi connectivity index (χ0) is 19.3. The molecule has 2 N–H and O–H groups in total. The molecule has 0 aliphatic carbocycles. The molecule has 1 atom stereocenters. The molecule has 7 nitrogen and oxygen atoms in total. The number of urea groups is 1. The number of hydrogen-bond acceptors (Lipinski definition) is 5. The van der Waals surface area contributed by atoms with Gasteiger partial charge in [-0.15, -0.1) is 0 Å². The second-order valence-corrected chi connectivity index (χ2v) is 5.83. The second kappa shape index (κ2) is 8.62. The highest BCUT2D eigenvalue weighted by Crippen LogP contribution is 2.40. The molecular weight excluding hydrogens is 360 g/mol. The van der Waals surface area contributed by atoms with Gasteiger partial charge >= 0.3 is 12.0 Å². The molecule has 140 valence electrons. The van der Waals surface area contributed by atoms with E-state index in [1.165, 1.54) is 7.11 Å². The Labute approximate surface area is 156 Å². The minimum atomic E-state index is -0.735. The standard InChI is InChI=1S/C18H21ClN2O5/c1-5-7-26-16-12(19)8-11(9-13(16)25-6-2)15-14(17(22)24-4)10(3)20-18(23)21-15/h5,8-9,15H,1,6-7H2,2-4H3,(H2,20,21,23)/t15-/m1/s1. The van der Waals surface area contributed by atoms with Crippen LogP contribution in [0.15, 0.2) is 36.1 Å². The van der Waals surface area contributed by atoms with Crippen LogP contribution in [-0.2, 0) is 9.53 Å². The lowest BCUT2D eigenvalue weighted by Gasteiger charge is -2.28. The molecule has 8 heteroatoms. The van der Waals surface area contributed by atoms with Crippen molar-refractivity contribution in [2.24, 2.45) is 0 Å². The Hall–Kier alpha value is -2.67. The summed E-state index contributed by atoms with van der Waals surface area (Å²) in [6.45, 7) is 7.71. The van der Waals surface area contributed by atoms with Gasteiger partial charge in [0.25, 0.3) is 0 Å². The minimum Gasteiger partial charge on any atom is -0.490 e. The summed E-state index contributed by atoms with van der Waals surface area (Å²) in [5, 5.41) is 5.57. The van der Waals surface area contributed by atoms with Crippen LogP contribution in [0.2, 0.25) is 5.02 Å². The Kier molecular flexibility index (Phi) is 6.52. The van der Waals surface area contributed by atoms with E-state index in [9.17, 15) is 9.59 Å². The molecule has 0 unspecified atom stereocenters. The van der Waals surface area contributed by atoms with Crippen LogP contribution < -0.4 is 20.1 Å². The van der Waals surface area contributed by atoms with Crippen molar-refractivity contribution in [3.8, 4) is 11.5 Å². The average molecular weight is 381 g/mol. The van der Waals surface area contributed by atoms with Crippen molar-refractivity contribution in [3.05, 3.63) is 46.6 Å². The van der Waals surface area contributed by atoms with Crippen LogP contribution in [0.3, 0.4) is 0 Å². The number of carbonyl (C=O) groups excluding carboxylic acids is 2. The van der Waals surface area contributed by atoms with Crippen molar-refractivity contribution in [1.29, 1.82) is 0 Å². The van der Waals surface area contributed by atoms with Gasteiger partial charge in [0.05, 0.1) is 30.4 Å². The van der Waals surface area contributed by atoms with Crippen LogP contribution >= 0.6 is 11.6 Å². The monoisotopic (exact) mass is 380 g/mol. The van der Waals surface area contributed by atoms with Crippen LogP contribution in [0.4, 0.5) is 4.79 Å². The third-order valence-electron chi connectivity index (χ3n) is 3.69. The van der Waals surface area contributed by atoms with Gasteiger partial charge in [-0.05, 0) is 31.5 Å². The Morgan fingerprint density at radius 2 is 2.12 bits per heavy atom. The summed E-state index contributed by atoms with van der Waals surface area (Å²) in [6, 6.07) is 2.14. The molecule has 0 bridgehead atoms. The number of esters is 1. The number of nitrogens with one attached hydrogen (secondary N) is 2. The van der Waals surface area contributed by atoms with E-state index >= 15 is 0 Å². The van der Waals surface area contributed by atoms with E-state index in [1.807, 2.05) is 6.92 Å². The molecule has 2 rings (SSSR count). The summed E-state index contributed by atoms with van der Waals surface area (Å²) in [4.78, 5) is 24.1. The quantitative estimate of drug-likeness (QED) is 0.560. The van der Waals surface area contributed by atoms with Crippen LogP contribution in [0.25, 0.3) is 0 Å². The van der Waals surface area contributed by atoms with E-state index < -0.39 is 18.0 Å². The maximum Gasteiger partial charge on any atom is 0.337 e. The number of benzene rings is 1. The molecule has 2 amide bonds. The van der Waals surface area contributed by atoms with Gasteiger partial charge in [0, 0.05) is 5.70 Å². The van der Waals surface area contributed by atoms with E-state index in [2.05, 4.69) is 17.2 Å². The molecule has 26 heavy (non-hydrogen) atoms. The van der Waals surface area contributed by atoms with Gasteiger partial charge in [-0.25, -0.2) is 9.59 Å². The number of carbonyl (C=O) groups is 2. The molecule has 1 aliphatic heterocycles. The van der Waals surface area contributed by atoms with Gasteiger partial charge < -0.3 is 24.8 Å². The summed E-state index contributed by atoms with van der Waals surface area (Å²) in [5.74, 6) is 0.227. The van der Waals surface area contributed by atoms with Crippen molar-refractivity contribution < 1.29 is 23.8 Å². The van der Waals surface area contributed by atoms with Gasteiger partial charge in [-0.2, -0.15) is 0 Å². The molecule has 1 heterocycles. The van der Waals surface area contributed by atoms with Crippen LogP contribution in [0.1, 0.15) is 25.5 Å². The first kappa shape index (κ1) is 19.7. The zero-order valence-corrected chi connectivity index (χ0v) is 15.6. The number of amides is 2. The lowest BCUT2D eigenvalue weighted by Crippen LogP contribution is -2.45. The maximum atomic E-state index is 12.2. The Morgan fingerprint density at radius 1 is 1.38 bits per heavy atom. The van der Waals surface area contributed by atoms with E-state index in [0.29, 0.717) is 34.4 Å². The fourth-order valence-corrected chi connectivity index (χ4v) is 2.90. The lowest BCUT2D eigenvalue weighted by molar-refractivity contribution is -0.136. The second-order valence-electron chi connectivity index (χ2n) is 5.42. The number of hydrogen-bond donors (Lipinski definition) is 2. The normalized spacial score (nSPS) is 16.5. The third-order valence-corrected chi connectivity index (χ3v) is 3.97. The van der Waals surface area contributed by atoms with Crippen molar-refractivity contribution in [1.82, 2.24) is 10.6 Å². The topological polar surface area (TPSA) is 85.9 Å². The molecule has 0 spiro atoms. The van der Waals surface area contributed by atoms with Gasteiger partial charge in [0.1, 0.15) is 6.61 Å². The molecule has 1 aromatic carbocycles. The average Bonchev–Trinajstić information content (AvgIpc) is 2.60. The summed E-state index contributed by atoms with van der Waals surface area (Å²) >= 11 is 6.36. The van der Waals surface area contributed by atoms with E-state index in [-0.39, 0.29) is 12.2 Å². The largest absolute Gasteiger partial charge is 0.490 e. The molecule has 0 saturated heterocycles. The maximum absolute atomic E-state index is 12.2. The van der Waals surface area contributed by atoms with Gasteiger partial charge in [0.15, 0.2) is 11.5 Å². The van der Waals surface area contributed by atoms with Gasteiger partial charge in [-0.1, -0.05) is 24.3 Å². The summed E-state index contributed by atoms with van der Waals surface area (Å²) in [7, 11) is 1.28. The van der Waals surface area contributed by atoms with Crippen LogP contribution in [0, 0.1) is 0 Å². The van der Waals surface area contributed by atoms with Crippen molar-refractivity contribution in [3.63, 3.8) is 0 Å². The van der Waals surface area contributed by atoms with Crippen molar-refractivity contribution >= 4 is 23.6 Å². The number of halogens is 1. The van der Waals surface area contributed by atoms with Gasteiger partial charge in [-0.3, -0.25) is 0 Å². The molecule has 0 aromatic heterocycles. The first-order valence-corrected chi connectivity index (χ1v) is 8.37. The van der Waals surface area contributed by atoms with Gasteiger partial charge in [0.2, 0.25) is 0 Å². The number of methoxy groups -OCH3 is 1. The molecule has 1 aromatic rings. The summed E-state index contributed by atoms with van der Waals surface area (Å²) in [5.41, 5.74) is 1.26. The lowest BCUT2D eigenvalue weighted by atomic mass is 9.95. The van der Waals surface area contributed by atoms with Crippen LogP contribution in [0.5, 0.6) is 11.5 Å². The molecule has 0 fully saturated rings. The highest BCUT2D eigenvalue weighted by Gasteiger charge is 2.33. The zero-order valence-electron chi connectivity index (χ0n) is 14.8. The highest BCUT2D eigenvalue weighted by molar-refractivity contribution is 6.32. The molecule has 1 aliphatic rings. The highest BCUT2D eigenvalue weighted by atomic mass is 35.5. The summed E-state index contributed by atoms with van der Waals surface area (Å²) < 4.78 is 16.0. The van der Waals surface area contributed by atoms with Crippen molar-refractivity contribution in [2.75, 3.05) is 20.3 Å². The van der Waals surface area contributed by atoms with E-state index in [4.69, 9.17) is 25.8 Å². The Bertz CT molecular complexity index is 760. The van der Waals surface area contributed by atoms with E-state index in [0.717, 1.165) is 0 Å². The SMILES string of the molecule is C=CCOc1c(Cl)cc([C@H]2NC(=O)NC(C)=C2C(=O)OC)cc1OCC. The predicted octanol–water partition coefficient (Wildman–Crippen LogP) is 3.10. The third kappa shape index (κ3) is 4.11. The first-order valence-electron chi connectivity index (χ1n) is 7.99. The predicted molar refractivity (Wildman–Crippen MR) is 97.4 cm³/mol. The number of rotatable bonds is 7. The number of ether oxygens (including phenoxy) is 3. The Morgan fingerprint density at radius 3 is 2.73 bits per heavy atom. The Balaban J connectivity index is 2.54. The molecule has 0 saturated carbocycles. The van der Waals surface area contributed by atoms with E-state index in [1.54, 1.807) is 25.1 Å².